The fourth-order valence-electron chi connectivity index (χ4n) is 2.43. The van der Waals surface area contributed by atoms with E-state index in [1.807, 2.05) is 6.92 Å². The van der Waals surface area contributed by atoms with Crippen molar-refractivity contribution in [2.24, 2.45) is 0 Å². The maximum Gasteiger partial charge on any atom is 0.287 e. The van der Waals surface area contributed by atoms with E-state index in [9.17, 15) is 13.2 Å². The van der Waals surface area contributed by atoms with Gasteiger partial charge in [0.25, 0.3) is 5.91 Å². The summed E-state index contributed by atoms with van der Waals surface area (Å²) in [4.78, 5) is 12.0. The van der Waals surface area contributed by atoms with Gasteiger partial charge < -0.3 is 9.73 Å². The summed E-state index contributed by atoms with van der Waals surface area (Å²) >= 11 is 3.16. The molecule has 1 N–H and O–H groups in total. The number of hydrogen-bond donors (Lipinski definition) is 1. The van der Waals surface area contributed by atoms with E-state index in [1.165, 1.54) is 4.31 Å². The van der Waals surface area contributed by atoms with E-state index in [0.29, 0.717) is 37.0 Å². The van der Waals surface area contributed by atoms with Gasteiger partial charge in [-0.05, 0) is 47.3 Å². The van der Waals surface area contributed by atoms with E-state index in [1.54, 1.807) is 12.1 Å². The smallest absolute Gasteiger partial charge is 0.287 e. The summed E-state index contributed by atoms with van der Waals surface area (Å²) in [6.45, 7) is 2.89. The number of hydrogen-bond acceptors (Lipinski definition) is 4. The number of furan rings is 1. The molecule has 1 aliphatic heterocycles. The van der Waals surface area contributed by atoms with Crippen LogP contribution in [0.1, 0.15) is 43.2 Å². The summed E-state index contributed by atoms with van der Waals surface area (Å²) in [7, 11) is -3.15. The number of carbonyl (C=O) groups is 1. The third-order valence-electron chi connectivity index (χ3n) is 3.74. The van der Waals surface area contributed by atoms with E-state index in [2.05, 4.69) is 21.2 Å². The number of sulfonamides is 1. The van der Waals surface area contributed by atoms with Crippen molar-refractivity contribution in [3.05, 3.63) is 22.6 Å². The van der Waals surface area contributed by atoms with Crippen molar-refractivity contribution in [2.75, 3.05) is 18.8 Å². The maximum atomic E-state index is 12.1. The maximum absolute atomic E-state index is 12.1. The zero-order chi connectivity index (χ0) is 16.2. The van der Waals surface area contributed by atoms with Gasteiger partial charge in [-0.25, -0.2) is 12.7 Å². The molecular weight excluding hydrogens is 372 g/mol. The molecule has 0 unspecified atom stereocenters. The molecule has 22 heavy (non-hydrogen) atoms. The first-order valence-corrected chi connectivity index (χ1v) is 9.86. The third kappa shape index (κ3) is 4.57. The van der Waals surface area contributed by atoms with Gasteiger partial charge >= 0.3 is 0 Å². The Morgan fingerprint density at radius 2 is 2.09 bits per heavy atom. The largest absolute Gasteiger partial charge is 0.444 e. The second kappa shape index (κ2) is 7.61. The van der Waals surface area contributed by atoms with Crippen molar-refractivity contribution in [3.63, 3.8) is 0 Å². The SMILES string of the molecule is CCCCS(=O)(=O)N1CCC(NC(=O)c2ccc(Br)o2)CC1. The molecule has 1 saturated heterocycles. The first-order valence-electron chi connectivity index (χ1n) is 7.46. The second-order valence-electron chi connectivity index (χ2n) is 5.42. The fraction of sp³-hybridized carbons (Fsp3) is 0.643. The molecule has 0 aliphatic carbocycles. The average Bonchev–Trinajstić information content (AvgIpc) is 2.92. The molecule has 0 atom stereocenters. The fourth-order valence-corrected chi connectivity index (χ4v) is 4.41. The van der Waals surface area contributed by atoms with Crippen LogP contribution in [0.15, 0.2) is 21.2 Å². The minimum atomic E-state index is -3.15. The highest BCUT2D eigenvalue weighted by atomic mass is 79.9. The zero-order valence-corrected chi connectivity index (χ0v) is 15.0. The van der Waals surface area contributed by atoms with Gasteiger partial charge in [-0.1, -0.05) is 13.3 Å². The molecule has 0 bridgehead atoms. The predicted molar refractivity (Wildman–Crippen MR) is 87.2 cm³/mol. The molecular formula is C14H21BrN2O4S. The van der Waals surface area contributed by atoms with E-state index in [0.717, 1.165) is 6.42 Å². The molecule has 124 valence electrons. The highest BCUT2D eigenvalue weighted by Gasteiger charge is 2.28. The lowest BCUT2D eigenvalue weighted by molar-refractivity contribution is 0.0894. The third-order valence-corrected chi connectivity index (χ3v) is 6.12. The monoisotopic (exact) mass is 392 g/mol. The molecule has 1 aromatic rings. The van der Waals surface area contributed by atoms with Crippen molar-refractivity contribution < 1.29 is 17.6 Å². The van der Waals surface area contributed by atoms with E-state index in [4.69, 9.17) is 4.42 Å². The highest BCUT2D eigenvalue weighted by Crippen LogP contribution is 2.17. The Bertz CT molecular complexity index is 606. The Morgan fingerprint density at radius 3 is 2.64 bits per heavy atom. The van der Waals surface area contributed by atoms with E-state index >= 15 is 0 Å². The van der Waals surface area contributed by atoms with Gasteiger partial charge in [-0.2, -0.15) is 0 Å². The van der Waals surface area contributed by atoms with Crippen molar-refractivity contribution in [3.8, 4) is 0 Å². The number of nitrogens with one attached hydrogen (secondary N) is 1. The van der Waals surface area contributed by atoms with Gasteiger partial charge in [0.2, 0.25) is 10.0 Å². The molecule has 8 heteroatoms. The Labute approximate surface area is 139 Å². The minimum absolute atomic E-state index is 0.0194. The predicted octanol–water partition coefficient (Wildman–Crippen LogP) is 2.37. The average molecular weight is 393 g/mol. The molecule has 0 radical (unpaired) electrons. The number of amides is 1. The molecule has 0 aromatic carbocycles. The van der Waals surface area contributed by atoms with Crippen molar-refractivity contribution in [1.82, 2.24) is 9.62 Å². The molecule has 2 rings (SSSR count). The number of carbonyl (C=O) groups excluding carboxylic acids is 1. The van der Waals surface area contributed by atoms with Crippen LogP contribution in [0, 0.1) is 0 Å². The van der Waals surface area contributed by atoms with Gasteiger partial charge in [0.15, 0.2) is 10.4 Å². The lowest BCUT2D eigenvalue weighted by Gasteiger charge is -2.31. The number of unbranched alkanes of at least 4 members (excludes halogenated alkanes) is 1. The molecule has 2 heterocycles. The summed E-state index contributed by atoms with van der Waals surface area (Å²) in [5.74, 6) is 0.198. The number of nitrogens with zero attached hydrogens (tertiary/aromatic N) is 1. The molecule has 1 fully saturated rings. The quantitative estimate of drug-likeness (QED) is 0.805. The topological polar surface area (TPSA) is 79.6 Å². The lowest BCUT2D eigenvalue weighted by atomic mass is 10.1. The molecule has 0 spiro atoms. The summed E-state index contributed by atoms with van der Waals surface area (Å²) in [5, 5.41) is 2.89. The summed E-state index contributed by atoms with van der Waals surface area (Å²) in [5.41, 5.74) is 0. The molecule has 1 aromatic heterocycles. The lowest BCUT2D eigenvalue weighted by Crippen LogP contribution is -2.47. The van der Waals surface area contributed by atoms with E-state index in [-0.39, 0.29) is 23.5 Å². The minimum Gasteiger partial charge on any atom is -0.444 e. The summed E-state index contributed by atoms with van der Waals surface area (Å²) in [6, 6.07) is 3.25. The normalized spacial score (nSPS) is 17.5. The van der Waals surface area contributed by atoms with Crippen LogP contribution in [0.3, 0.4) is 0 Å². The Hall–Kier alpha value is -0.860. The van der Waals surface area contributed by atoms with Crippen LogP contribution in [0.5, 0.6) is 0 Å². The number of piperidine rings is 1. The Kier molecular flexibility index (Phi) is 6.05. The van der Waals surface area contributed by atoms with Gasteiger partial charge in [0.1, 0.15) is 0 Å². The highest BCUT2D eigenvalue weighted by molar-refractivity contribution is 9.10. The molecule has 1 amide bonds. The van der Waals surface area contributed by atoms with Crippen LogP contribution in [-0.4, -0.2) is 43.5 Å². The first kappa shape index (κ1) is 17.5. The van der Waals surface area contributed by atoms with Crippen LogP contribution in [-0.2, 0) is 10.0 Å². The van der Waals surface area contributed by atoms with Crippen molar-refractivity contribution in [1.29, 1.82) is 0 Å². The van der Waals surface area contributed by atoms with Crippen molar-refractivity contribution in [2.45, 2.75) is 38.6 Å². The molecule has 0 saturated carbocycles. The Balaban J connectivity index is 1.83. The van der Waals surface area contributed by atoms with Crippen LogP contribution >= 0.6 is 15.9 Å². The second-order valence-corrected chi connectivity index (χ2v) is 8.29. The number of halogens is 1. The first-order chi connectivity index (χ1) is 10.4. The summed E-state index contributed by atoms with van der Waals surface area (Å²) in [6.07, 6.45) is 2.80. The zero-order valence-electron chi connectivity index (χ0n) is 12.5. The van der Waals surface area contributed by atoms with Gasteiger partial charge in [-0.3, -0.25) is 4.79 Å². The van der Waals surface area contributed by atoms with Crippen LogP contribution < -0.4 is 5.32 Å². The van der Waals surface area contributed by atoms with Gasteiger partial charge in [0.05, 0.1) is 5.75 Å². The van der Waals surface area contributed by atoms with Gasteiger partial charge in [0, 0.05) is 19.1 Å². The standard InChI is InChI=1S/C14H21BrN2O4S/c1-2-3-10-22(19,20)17-8-6-11(7-9-17)16-14(18)12-4-5-13(15)21-12/h4-5,11H,2-3,6-10H2,1H3,(H,16,18). The van der Waals surface area contributed by atoms with Crippen molar-refractivity contribution >= 4 is 31.9 Å². The van der Waals surface area contributed by atoms with Gasteiger partial charge in [-0.15, -0.1) is 0 Å². The summed E-state index contributed by atoms with van der Waals surface area (Å²) < 4.78 is 31.5. The number of rotatable bonds is 6. The molecule has 1 aliphatic rings. The molecule has 6 nitrogen and oxygen atoms in total. The van der Waals surface area contributed by atoms with Crippen LogP contribution in [0.25, 0.3) is 0 Å². The van der Waals surface area contributed by atoms with Crippen LogP contribution in [0.2, 0.25) is 0 Å². The van der Waals surface area contributed by atoms with E-state index < -0.39 is 10.0 Å². The van der Waals surface area contributed by atoms with Crippen LogP contribution in [0.4, 0.5) is 0 Å². The Morgan fingerprint density at radius 1 is 1.41 bits per heavy atom.